The van der Waals surface area contributed by atoms with Gasteiger partial charge in [0.05, 0.1) is 17.8 Å². The molecule has 0 bridgehead atoms. The third kappa shape index (κ3) is 4.56. The lowest BCUT2D eigenvalue weighted by atomic mass is 10.1. The highest BCUT2D eigenvalue weighted by atomic mass is 19.1. The van der Waals surface area contributed by atoms with E-state index in [9.17, 15) is 13.6 Å². The molecule has 0 unspecified atom stereocenters. The SMILES string of the molecule is CN1CCN(c2nc3c(c(Oc4ccc(F)cc4F)n2)CN(C(=O)c2ccccc2)CC3)CC1. The molecule has 1 fully saturated rings. The number of likely N-dealkylation sites (N-methyl/N-ethyl adjacent to an activating group) is 1. The molecular weight excluding hydrogens is 440 g/mol. The number of carbonyl (C=O) groups excluding carboxylic acids is 1. The van der Waals surface area contributed by atoms with Crippen molar-refractivity contribution in [3.63, 3.8) is 0 Å². The van der Waals surface area contributed by atoms with Crippen molar-refractivity contribution in [2.75, 3.05) is 44.7 Å². The summed E-state index contributed by atoms with van der Waals surface area (Å²) in [6.45, 7) is 4.02. The first kappa shape index (κ1) is 22.2. The Hall–Kier alpha value is -3.59. The van der Waals surface area contributed by atoms with Gasteiger partial charge in [-0.1, -0.05) is 18.2 Å². The zero-order chi connectivity index (χ0) is 23.7. The summed E-state index contributed by atoms with van der Waals surface area (Å²) in [5.74, 6) is -1.03. The molecule has 9 heteroatoms. The first-order valence-corrected chi connectivity index (χ1v) is 11.3. The summed E-state index contributed by atoms with van der Waals surface area (Å²) in [5.41, 5.74) is 2.00. The van der Waals surface area contributed by atoms with Crippen molar-refractivity contribution < 1.29 is 18.3 Å². The molecule has 0 atom stereocenters. The molecule has 1 amide bonds. The largest absolute Gasteiger partial charge is 0.435 e. The van der Waals surface area contributed by atoms with Crippen molar-refractivity contribution in [2.45, 2.75) is 13.0 Å². The number of carbonyl (C=O) groups is 1. The number of hydrogen-bond donors (Lipinski definition) is 0. The van der Waals surface area contributed by atoms with Crippen LogP contribution in [0.5, 0.6) is 11.6 Å². The van der Waals surface area contributed by atoms with Gasteiger partial charge >= 0.3 is 0 Å². The Bertz CT molecular complexity index is 1200. The maximum atomic E-state index is 14.4. The van der Waals surface area contributed by atoms with Crippen LogP contribution in [0.4, 0.5) is 14.7 Å². The van der Waals surface area contributed by atoms with Crippen LogP contribution < -0.4 is 9.64 Å². The van der Waals surface area contributed by atoms with E-state index >= 15 is 0 Å². The first-order valence-electron chi connectivity index (χ1n) is 11.3. The molecule has 0 radical (unpaired) electrons. The zero-order valence-electron chi connectivity index (χ0n) is 18.9. The quantitative estimate of drug-likeness (QED) is 0.588. The van der Waals surface area contributed by atoms with Crippen LogP contribution in [-0.4, -0.2) is 65.4 Å². The number of benzene rings is 2. The number of aromatic nitrogens is 2. The summed E-state index contributed by atoms with van der Waals surface area (Å²) in [4.78, 5) is 28.5. The number of amides is 1. The summed E-state index contributed by atoms with van der Waals surface area (Å²) in [6.07, 6.45) is 0.527. The molecule has 7 nitrogen and oxygen atoms in total. The van der Waals surface area contributed by atoms with Crippen LogP contribution in [0.25, 0.3) is 0 Å². The van der Waals surface area contributed by atoms with Gasteiger partial charge in [0.25, 0.3) is 5.91 Å². The Morgan fingerprint density at radius 3 is 2.47 bits per heavy atom. The third-order valence-electron chi connectivity index (χ3n) is 6.21. The normalized spacial score (nSPS) is 16.3. The second-order valence-electron chi connectivity index (χ2n) is 8.56. The molecule has 3 heterocycles. The van der Waals surface area contributed by atoms with E-state index in [1.165, 1.54) is 6.07 Å². The Balaban J connectivity index is 1.49. The summed E-state index contributed by atoms with van der Waals surface area (Å²) < 4.78 is 33.7. The van der Waals surface area contributed by atoms with Crippen LogP contribution >= 0.6 is 0 Å². The summed E-state index contributed by atoms with van der Waals surface area (Å²) in [7, 11) is 2.06. The van der Waals surface area contributed by atoms with Crippen molar-refractivity contribution in [2.24, 2.45) is 0 Å². The second kappa shape index (κ2) is 9.34. The van der Waals surface area contributed by atoms with Gasteiger partial charge in [0.1, 0.15) is 5.82 Å². The van der Waals surface area contributed by atoms with E-state index in [1.807, 2.05) is 18.2 Å². The molecule has 0 saturated carbocycles. The van der Waals surface area contributed by atoms with Crippen molar-refractivity contribution in [3.05, 3.63) is 77.0 Å². The Morgan fingerprint density at radius 1 is 0.971 bits per heavy atom. The van der Waals surface area contributed by atoms with Gasteiger partial charge in [-0.2, -0.15) is 4.98 Å². The fourth-order valence-corrected chi connectivity index (χ4v) is 4.20. The molecular formula is C25H25F2N5O2. The number of halogens is 2. The van der Waals surface area contributed by atoms with Gasteiger partial charge in [0.15, 0.2) is 11.6 Å². The zero-order valence-corrected chi connectivity index (χ0v) is 18.9. The molecule has 0 spiro atoms. The van der Waals surface area contributed by atoms with E-state index < -0.39 is 11.6 Å². The number of nitrogens with zero attached hydrogens (tertiary/aromatic N) is 5. The van der Waals surface area contributed by atoms with Crippen LogP contribution in [-0.2, 0) is 13.0 Å². The number of ether oxygens (including phenoxy) is 1. The van der Waals surface area contributed by atoms with Crippen molar-refractivity contribution in [1.29, 1.82) is 0 Å². The number of hydrogen-bond acceptors (Lipinski definition) is 6. The number of anilines is 1. The lowest BCUT2D eigenvalue weighted by Crippen LogP contribution is -2.45. The number of piperazine rings is 1. The van der Waals surface area contributed by atoms with E-state index in [0.717, 1.165) is 44.0 Å². The maximum Gasteiger partial charge on any atom is 0.254 e. The monoisotopic (exact) mass is 465 g/mol. The van der Waals surface area contributed by atoms with Crippen LogP contribution in [0, 0.1) is 11.6 Å². The topological polar surface area (TPSA) is 61.8 Å². The molecule has 2 aromatic carbocycles. The molecule has 176 valence electrons. The van der Waals surface area contributed by atoms with Gasteiger partial charge in [-0.15, -0.1) is 0 Å². The highest BCUT2D eigenvalue weighted by Crippen LogP contribution is 2.33. The molecule has 34 heavy (non-hydrogen) atoms. The number of fused-ring (bicyclic) bond motifs is 1. The van der Waals surface area contributed by atoms with Gasteiger partial charge in [-0.05, 0) is 31.3 Å². The molecule has 2 aliphatic heterocycles. The standard InChI is InChI=1S/C25H25F2N5O2/c1-30-11-13-31(14-12-30)25-28-21-9-10-32(24(33)17-5-3-2-4-6-17)16-19(21)23(29-25)34-22-8-7-18(26)15-20(22)27/h2-8,15H,9-14,16H2,1H3. The lowest BCUT2D eigenvalue weighted by Gasteiger charge is -2.34. The van der Waals surface area contributed by atoms with Crippen LogP contribution in [0.3, 0.4) is 0 Å². The maximum absolute atomic E-state index is 14.4. The Morgan fingerprint density at radius 2 is 1.74 bits per heavy atom. The minimum atomic E-state index is -0.818. The smallest absolute Gasteiger partial charge is 0.254 e. The summed E-state index contributed by atoms with van der Waals surface area (Å²) >= 11 is 0. The molecule has 3 aromatic rings. The second-order valence-corrected chi connectivity index (χ2v) is 8.56. The van der Waals surface area contributed by atoms with Crippen molar-refractivity contribution >= 4 is 11.9 Å². The highest BCUT2D eigenvalue weighted by Gasteiger charge is 2.29. The van der Waals surface area contributed by atoms with Crippen molar-refractivity contribution in [3.8, 4) is 11.6 Å². The molecule has 5 rings (SSSR count). The highest BCUT2D eigenvalue weighted by molar-refractivity contribution is 5.94. The molecule has 0 aliphatic carbocycles. The Kier molecular flexibility index (Phi) is 6.10. The molecule has 0 N–H and O–H groups in total. The number of rotatable bonds is 4. The predicted molar refractivity (Wildman–Crippen MR) is 123 cm³/mol. The average Bonchev–Trinajstić information content (AvgIpc) is 2.86. The van der Waals surface area contributed by atoms with E-state index in [2.05, 4.69) is 21.8 Å². The van der Waals surface area contributed by atoms with Gasteiger partial charge < -0.3 is 19.4 Å². The van der Waals surface area contributed by atoms with E-state index in [0.29, 0.717) is 30.0 Å². The molecule has 1 aromatic heterocycles. The predicted octanol–water partition coefficient (Wildman–Crippen LogP) is 3.50. The molecule has 2 aliphatic rings. The first-order chi connectivity index (χ1) is 16.5. The van der Waals surface area contributed by atoms with Gasteiger partial charge in [-0.3, -0.25) is 4.79 Å². The lowest BCUT2D eigenvalue weighted by molar-refractivity contribution is 0.0732. The average molecular weight is 466 g/mol. The summed E-state index contributed by atoms with van der Waals surface area (Å²) in [5, 5.41) is 0. The van der Waals surface area contributed by atoms with E-state index in [4.69, 9.17) is 9.72 Å². The van der Waals surface area contributed by atoms with Crippen LogP contribution in [0.2, 0.25) is 0 Å². The van der Waals surface area contributed by atoms with Gasteiger partial charge in [0.2, 0.25) is 11.8 Å². The van der Waals surface area contributed by atoms with Crippen molar-refractivity contribution in [1.82, 2.24) is 19.8 Å². The third-order valence-corrected chi connectivity index (χ3v) is 6.21. The van der Waals surface area contributed by atoms with E-state index in [-0.39, 0.29) is 24.1 Å². The Labute approximate surface area is 196 Å². The minimum Gasteiger partial charge on any atom is -0.435 e. The summed E-state index contributed by atoms with van der Waals surface area (Å²) in [6, 6.07) is 12.2. The molecule has 1 saturated heterocycles. The van der Waals surface area contributed by atoms with E-state index in [1.54, 1.807) is 17.0 Å². The van der Waals surface area contributed by atoms with Crippen LogP contribution in [0.1, 0.15) is 21.6 Å². The fraction of sp³-hybridized carbons (Fsp3) is 0.320. The van der Waals surface area contributed by atoms with Gasteiger partial charge in [-0.25, -0.2) is 13.8 Å². The minimum absolute atomic E-state index is 0.103. The fourth-order valence-electron chi connectivity index (χ4n) is 4.20. The van der Waals surface area contributed by atoms with Crippen LogP contribution in [0.15, 0.2) is 48.5 Å². The van der Waals surface area contributed by atoms with Gasteiger partial charge in [0, 0.05) is 50.8 Å².